The van der Waals surface area contributed by atoms with Crippen molar-refractivity contribution in [3.63, 3.8) is 0 Å². The van der Waals surface area contributed by atoms with E-state index in [1.807, 2.05) is 37.3 Å². The minimum Gasteiger partial charge on any atom is -0.369 e. The van der Waals surface area contributed by atoms with Crippen LogP contribution in [-0.4, -0.2) is 43.0 Å². The molecule has 1 fully saturated rings. The van der Waals surface area contributed by atoms with Gasteiger partial charge in [-0.1, -0.05) is 35.3 Å². The van der Waals surface area contributed by atoms with E-state index < -0.39 is 0 Å². The van der Waals surface area contributed by atoms with Crippen LogP contribution in [0.4, 0.5) is 11.4 Å². The summed E-state index contributed by atoms with van der Waals surface area (Å²) in [5.41, 5.74) is 1.85. The van der Waals surface area contributed by atoms with E-state index in [-0.39, 0.29) is 11.9 Å². The van der Waals surface area contributed by atoms with E-state index in [1.165, 1.54) is 0 Å². The lowest BCUT2D eigenvalue weighted by molar-refractivity contribution is -0.120. The number of amides is 1. The first-order valence-electron chi connectivity index (χ1n) is 8.34. The molecule has 1 atom stereocenters. The van der Waals surface area contributed by atoms with Gasteiger partial charge in [0.05, 0.1) is 6.04 Å². The molecule has 0 aromatic heterocycles. The van der Waals surface area contributed by atoms with Crippen molar-refractivity contribution < 1.29 is 4.79 Å². The molecule has 0 unspecified atom stereocenters. The first-order valence-corrected chi connectivity index (χ1v) is 9.09. The second kappa shape index (κ2) is 8.09. The molecule has 6 heteroatoms. The molecule has 4 nitrogen and oxygen atoms in total. The lowest BCUT2D eigenvalue weighted by atomic mass is 10.2. The predicted molar refractivity (Wildman–Crippen MR) is 105 cm³/mol. The molecule has 1 aliphatic heterocycles. The summed E-state index contributed by atoms with van der Waals surface area (Å²) in [6, 6.07) is 14.9. The largest absolute Gasteiger partial charge is 0.369 e. The summed E-state index contributed by atoms with van der Waals surface area (Å²) in [5, 5.41) is 4.29. The molecular weight excluding hydrogens is 357 g/mol. The van der Waals surface area contributed by atoms with Crippen molar-refractivity contribution in [1.82, 2.24) is 4.90 Å². The molecule has 0 spiro atoms. The van der Waals surface area contributed by atoms with E-state index in [2.05, 4.69) is 21.2 Å². The van der Waals surface area contributed by atoms with Crippen LogP contribution in [-0.2, 0) is 4.79 Å². The average molecular weight is 378 g/mol. The Morgan fingerprint density at radius 2 is 1.64 bits per heavy atom. The highest BCUT2D eigenvalue weighted by Gasteiger charge is 2.25. The third kappa shape index (κ3) is 4.66. The van der Waals surface area contributed by atoms with Gasteiger partial charge in [-0.2, -0.15) is 0 Å². The Hall–Kier alpha value is -1.75. The summed E-state index contributed by atoms with van der Waals surface area (Å²) < 4.78 is 0. The fourth-order valence-corrected chi connectivity index (χ4v) is 3.39. The third-order valence-electron chi connectivity index (χ3n) is 4.51. The smallest absolute Gasteiger partial charge is 0.241 e. The zero-order valence-electron chi connectivity index (χ0n) is 14.1. The van der Waals surface area contributed by atoms with Gasteiger partial charge in [0.25, 0.3) is 0 Å². The van der Waals surface area contributed by atoms with Gasteiger partial charge in [0.2, 0.25) is 5.91 Å². The maximum Gasteiger partial charge on any atom is 0.241 e. The quantitative estimate of drug-likeness (QED) is 0.869. The summed E-state index contributed by atoms with van der Waals surface area (Å²) in [4.78, 5) is 17.0. The van der Waals surface area contributed by atoms with Crippen molar-refractivity contribution in [3.8, 4) is 0 Å². The molecule has 2 aromatic carbocycles. The minimum absolute atomic E-state index is 0.0153. The van der Waals surface area contributed by atoms with E-state index in [9.17, 15) is 4.79 Å². The number of piperazine rings is 1. The Bertz CT molecular complexity index is 745. The molecule has 1 N–H and O–H groups in total. The number of carbonyl (C=O) groups is 1. The highest BCUT2D eigenvalue weighted by molar-refractivity contribution is 6.31. The van der Waals surface area contributed by atoms with Crippen LogP contribution in [0.1, 0.15) is 6.92 Å². The van der Waals surface area contributed by atoms with Gasteiger partial charge in [-0.15, -0.1) is 0 Å². The number of rotatable bonds is 4. The zero-order chi connectivity index (χ0) is 17.8. The lowest BCUT2D eigenvalue weighted by Crippen LogP contribution is -2.52. The standard InChI is InChI=1S/C19H21Cl2N3O/c1-14(19(25)22-17-6-2-4-15(20)12-17)23-8-10-24(11-9-23)18-7-3-5-16(21)13-18/h2-7,12-14H,8-11H2,1H3,(H,22,25)/t14-/m1/s1. The van der Waals surface area contributed by atoms with E-state index in [0.717, 1.165) is 42.6 Å². The van der Waals surface area contributed by atoms with Crippen LogP contribution in [0.15, 0.2) is 48.5 Å². The molecular formula is C19H21Cl2N3O. The van der Waals surface area contributed by atoms with Crippen molar-refractivity contribution in [1.29, 1.82) is 0 Å². The number of anilines is 2. The monoisotopic (exact) mass is 377 g/mol. The topological polar surface area (TPSA) is 35.6 Å². The first kappa shape index (κ1) is 18.1. The Balaban J connectivity index is 1.56. The van der Waals surface area contributed by atoms with Gasteiger partial charge in [0.1, 0.15) is 0 Å². The van der Waals surface area contributed by atoms with Gasteiger partial charge < -0.3 is 10.2 Å². The molecule has 1 amide bonds. The normalized spacial score (nSPS) is 16.5. The van der Waals surface area contributed by atoms with E-state index in [1.54, 1.807) is 12.1 Å². The van der Waals surface area contributed by atoms with Gasteiger partial charge in [-0.05, 0) is 43.3 Å². The van der Waals surface area contributed by atoms with Crippen molar-refractivity contribution in [2.45, 2.75) is 13.0 Å². The molecule has 1 aliphatic rings. The summed E-state index contributed by atoms with van der Waals surface area (Å²) in [6.45, 7) is 5.34. The number of nitrogens with one attached hydrogen (secondary N) is 1. The van der Waals surface area contributed by atoms with Gasteiger partial charge in [0.15, 0.2) is 0 Å². The first-order chi connectivity index (χ1) is 12.0. The van der Waals surface area contributed by atoms with Gasteiger partial charge in [-0.3, -0.25) is 9.69 Å². The van der Waals surface area contributed by atoms with Crippen LogP contribution in [0.25, 0.3) is 0 Å². The second-order valence-electron chi connectivity index (χ2n) is 6.18. The van der Waals surface area contributed by atoms with E-state index in [0.29, 0.717) is 5.02 Å². The fraction of sp³-hybridized carbons (Fsp3) is 0.316. The fourth-order valence-electron chi connectivity index (χ4n) is 3.02. The Labute approximate surface area is 158 Å². The van der Waals surface area contributed by atoms with Crippen LogP contribution in [0, 0.1) is 0 Å². The highest BCUT2D eigenvalue weighted by Crippen LogP contribution is 2.21. The Morgan fingerprint density at radius 3 is 2.28 bits per heavy atom. The zero-order valence-corrected chi connectivity index (χ0v) is 15.6. The molecule has 0 bridgehead atoms. The van der Waals surface area contributed by atoms with Gasteiger partial charge in [-0.25, -0.2) is 0 Å². The molecule has 2 aromatic rings. The average Bonchev–Trinajstić information content (AvgIpc) is 2.61. The SMILES string of the molecule is C[C@H](C(=O)Nc1cccc(Cl)c1)N1CCN(c2cccc(Cl)c2)CC1. The van der Waals surface area contributed by atoms with E-state index in [4.69, 9.17) is 23.2 Å². The second-order valence-corrected chi connectivity index (χ2v) is 7.05. The number of carbonyl (C=O) groups excluding carboxylic acids is 1. The molecule has 0 radical (unpaired) electrons. The number of nitrogens with zero attached hydrogens (tertiary/aromatic N) is 2. The van der Waals surface area contributed by atoms with Crippen LogP contribution in [0.3, 0.4) is 0 Å². The predicted octanol–water partition coefficient (Wildman–Crippen LogP) is 4.14. The molecule has 132 valence electrons. The van der Waals surface area contributed by atoms with E-state index >= 15 is 0 Å². The van der Waals surface area contributed by atoms with Crippen molar-refractivity contribution in [2.24, 2.45) is 0 Å². The van der Waals surface area contributed by atoms with Crippen molar-refractivity contribution in [3.05, 3.63) is 58.6 Å². The van der Waals surface area contributed by atoms with Gasteiger partial charge in [0, 0.05) is 47.6 Å². The molecule has 25 heavy (non-hydrogen) atoms. The van der Waals surface area contributed by atoms with Crippen LogP contribution in [0.2, 0.25) is 10.0 Å². The number of hydrogen-bond acceptors (Lipinski definition) is 3. The summed E-state index contributed by atoms with van der Waals surface area (Å²) in [5.74, 6) is -0.0153. The molecule has 1 heterocycles. The van der Waals surface area contributed by atoms with Crippen molar-refractivity contribution >= 4 is 40.5 Å². The maximum atomic E-state index is 12.5. The summed E-state index contributed by atoms with van der Waals surface area (Å²) in [6.07, 6.45) is 0. The number of benzene rings is 2. The molecule has 1 saturated heterocycles. The van der Waals surface area contributed by atoms with Crippen molar-refractivity contribution in [2.75, 3.05) is 36.4 Å². The number of halogens is 2. The Kier molecular flexibility index (Phi) is 5.84. The highest BCUT2D eigenvalue weighted by atomic mass is 35.5. The summed E-state index contributed by atoms with van der Waals surface area (Å²) >= 11 is 12.0. The van der Waals surface area contributed by atoms with Crippen LogP contribution < -0.4 is 10.2 Å². The molecule has 3 rings (SSSR count). The maximum absolute atomic E-state index is 12.5. The summed E-state index contributed by atoms with van der Waals surface area (Å²) in [7, 11) is 0. The van der Waals surface area contributed by atoms with Gasteiger partial charge >= 0.3 is 0 Å². The minimum atomic E-state index is -0.194. The third-order valence-corrected chi connectivity index (χ3v) is 4.98. The molecule has 0 saturated carbocycles. The Morgan fingerprint density at radius 1 is 1.00 bits per heavy atom. The number of hydrogen-bond donors (Lipinski definition) is 1. The lowest BCUT2D eigenvalue weighted by Gasteiger charge is -2.38. The van der Waals surface area contributed by atoms with Crippen LogP contribution >= 0.6 is 23.2 Å². The van der Waals surface area contributed by atoms with Crippen LogP contribution in [0.5, 0.6) is 0 Å². The molecule has 0 aliphatic carbocycles.